The highest BCUT2D eigenvalue weighted by atomic mass is 19.1. The third-order valence-corrected chi connectivity index (χ3v) is 5.46. The molecule has 0 saturated heterocycles. The van der Waals surface area contributed by atoms with E-state index in [-0.39, 0.29) is 29.2 Å². The molecule has 32 heavy (non-hydrogen) atoms. The quantitative estimate of drug-likeness (QED) is 0.280. The highest BCUT2D eigenvalue weighted by Gasteiger charge is 2.25. The first kappa shape index (κ1) is 21.4. The fraction of sp³-hybridized carbons (Fsp3) is 0.120. The Morgan fingerprint density at radius 3 is 2.38 bits per heavy atom. The van der Waals surface area contributed by atoms with E-state index in [2.05, 4.69) is 0 Å². The second kappa shape index (κ2) is 9.11. The number of carbonyl (C=O) groups excluding carboxylic acids is 2. The van der Waals surface area contributed by atoms with E-state index in [4.69, 9.17) is 5.21 Å². The summed E-state index contributed by atoms with van der Waals surface area (Å²) >= 11 is 0. The minimum absolute atomic E-state index is 0.239. The van der Waals surface area contributed by atoms with E-state index in [1.165, 1.54) is 36.4 Å². The van der Waals surface area contributed by atoms with Crippen LogP contribution in [-0.2, 0) is 17.8 Å². The van der Waals surface area contributed by atoms with E-state index in [9.17, 15) is 18.4 Å². The molecule has 1 aliphatic heterocycles. The second-order valence-corrected chi connectivity index (χ2v) is 7.49. The van der Waals surface area contributed by atoms with Gasteiger partial charge in [0, 0.05) is 29.8 Å². The summed E-state index contributed by atoms with van der Waals surface area (Å²) in [5, 5.41) is 8.88. The van der Waals surface area contributed by atoms with Crippen molar-refractivity contribution in [1.29, 1.82) is 0 Å². The number of amides is 2. The average Bonchev–Trinajstić information content (AvgIpc) is 2.82. The molecule has 1 heterocycles. The molecule has 0 unspecified atom stereocenters. The largest absolute Gasteiger partial charge is 0.334 e. The molecule has 0 spiro atoms. The van der Waals surface area contributed by atoms with Crippen LogP contribution >= 0.6 is 0 Å². The molecule has 0 bridgehead atoms. The maximum atomic E-state index is 14.3. The van der Waals surface area contributed by atoms with Gasteiger partial charge in [-0.1, -0.05) is 36.4 Å². The van der Waals surface area contributed by atoms with Gasteiger partial charge in [0.2, 0.25) is 0 Å². The van der Waals surface area contributed by atoms with Crippen molar-refractivity contribution in [2.75, 3.05) is 6.54 Å². The van der Waals surface area contributed by atoms with Crippen LogP contribution < -0.4 is 5.48 Å². The Morgan fingerprint density at radius 2 is 1.66 bits per heavy atom. The first-order valence-electron chi connectivity index (χ1n) is 10.0. The van der Waals surface area contributed by atoms with E-state index in [1.807, 2.05) is 0 Å². The molecule has 1 aliphatic rings. The van der Waals surface area contributed by atoms with Crippen LogP contribution in [0.1, 0.15) is 32.6 Å². The average molecular weight is 434 g/mol. The van der Waals surface area contributed by atoms with Crippen LogP contribution in [0.3, 0.4) is 0 Å². The summed E-state index contributed by atoms with van der Waals surface area (Å²) in [5.74, 6) is -1.87. The normalized spacial score (nSPS) is 13.5. The van der Waals surface area contributed by atoms with Gasteiger partial charge < -0.3 is 4.90 Å². The zero-order chi connectivity index (χ0) is 22.7. The zero-order valence-electron chi connectivity index (χ0n) is 17.0. The first-order chi connectivity index (χ1) is 15.5. The van der Waals surface area contributed by atoms with Crippen molar-refractivity contribution in [2.45, 2.75) is 13.0 Å². The highest BCUT2D eigenvalue weighted by Crippen LogP contribution is 2.27. The number of rotatable bonds is 4. The number of hydrogen-bond donors (Lipinski definition) is 2. The lowest BCUT2D eigenvalue weighted by Crippen LogP contribution is -2.36. The van der Waals surface area contributed by atoms with Gasteiger partial charge in [-0.3, -0.25) is 14.8 Å². The Bertz CT molecular complexity index is 1210. The van der Waals surface area contributed by atoms with Crippen molar-refractivity contribution < 1.29 is 23.6 Å². The van der Waals surface area contributed by atoms with Gasteiger partial charge in [0.05, 0.1) is 0 Å². The fourth-order valence-corrected chi connectivity index (χ4v) is 3.75. The van der Waals surface area contributed by atoms with Gasteiger partial charge in [-0.25, -0.2) is 14.3 Å². The molecule has 2 N–H and O–H groups in total. The van der Waals surface area contributed by atoms with Crippen LogP contribution in [0.15, 0.2) is 66.7 Å². The molecule has 0 saturated carbocycles. The molecule has 0 atom stereocenters. The lowest BCUT2D eigenvalue weighted by Gasteiger charge is -2.30. The predicted octanol–water partition coefficient (Wildman–Crippen LogP) is 4.21. The van der Waals surface area contributed by atoms with Gasteiger partial charge in [0.1, 0.15) is 11.6 Å². The Balaban J connectivity index is 1.70. The Labute approximate surface area is 183 Å². The summed E-state index contributed by atoms with van der Waals surface area (Å²) in [6.07, 6.45) is 2.05. The minimum Gasteiger partial charge on any atom is -0.334 e. The molecule has 0 fully saturated rings. The fourth-order valence-electron chi connectivity index (χ4n) is 3.75. The lowest BCUT2D eigenvalue weighted by molar-refractivity contribution is -0.125. The number of nitrogens with one attached hydrogen (secondary N) is 1. The molecule has 3 aromatic rings. The maximum absolute atomic E-state index is 14.3. The number of halogens is 2. The molecule has 162 valence electrons. The number of benzene rings is 3. The van der Waals surface area contributed by atoms with Crippen LogP contribution in [-0.4, -0.2) is 28.5 Å². The molecule has 0 radical (unpaired) electrons. The van der Waals surface area contributed by atoms with Crippen molar-refractivity contribution in [3.63, 3.8) is 0 Å². The minimum atomic E-state index is -0.636. The van der Waals surface area contributed by atoms with Gasteiger partial charge in [0.15, 0.2) is 0 Å². The summed E-state index contributed by atoms with van der Waals surface area (Å²) in [6, 6.07) is 16.6. The molecule has 3 aromatic carbocycles. The number of hydrogen-bond acceptors (Lipinski definition) is 3. The SMILES string of the molecule is O=C(NO)c1ccc2c(c1)CN(C(=O)/C(=C/c1ccccc1F)c1ccc(F)cc1)CC2. The Hall–Kier alpha value is -3.84. The lowest BCUT2D eigenvalue weighted by atomic mass is 9.95. The molecule has 4 rings (SSSR count). The third-order valence-electron chi connectivity index (χ3n) is 5.46. The number of fused-ring (bicyclic) bond motifs is 1. The molecule has 5 nitrogen and oxygen atoms in total. The summed E-state index contributed by atoms with van der Waals surface area (Å²) < 4.78 is 27.8. The molecular weight excluding hydrogens is 414 g/mol. The van der Waals surface area contributed by atoms with E-state index in [0.29, 0.717) is 18.5 Å². The molecular formula is C25H20F2N2O3. The number of carbonyl (C=O) groups is 2. The Morgan fingerprint density at radius 1 is 0.938 bits per heavy atom. The highest BCUT2D eigenvalue weighted by molar-refractivity contribution is 6.24. The standard InChI is InChI=1S/C25H20F2N2O3/c26-21-9-7-17(8-10-21)22(14-18-3-1-2-4-23(18)27)25(31)29-12-11-16-5-6-19(24(30)28-32)13-20(16)15-29/h1-10,13-14,32H,11-12,15H2,(H,28,30)/b22-14+. The van der Waals surface area contributed by atoms with Crippen LogP contribution in [0, 0.1) is 11.6 Å². The van der Waals surface area contributed by atoms with Gasteiger partial charge in [-0.15, -0.1) is 0 Å². The van der Waals surface area contributed by atoms with Crippen LogP contribution in [0.5, 0.6) is 0 Å². The summed E-state index contributed by atoms with van der Waals surface area (Å²) in [5.41, 5.74) is 4.63. The van der Waals surface area contributed by atoms with Crippen LogP contribution in [0.4, 0.5) is 8.78 Å². The topological polar surface area (TPSA) is 69.6 Å². The molecule has 0 aliphatic carbocycles. The summed E-state index contributed by atoms with van der Waals surface area (Å²) in [4.78, 5) is 26.9. The smallest absolute Gasteiger partial charge is 0.274 e. The molecule has 7 heteroatoms. The molecule has 0 aromatic heterocycles. The summed E-state index contributed by atoms with van der Waals surface area (Å²) in [7, 11) is 0. The molecule has 2 amide bonds. The number of nitrogens with zero attached hydrogens (tertiary/aromatic N) is 1. The van der Waals surface area contributed by atoms with E-state index < -0.39 is 17.5 Å². The Kier molecular flexibility index (Phi) is 6.09. The summed E-state index contributed by atoms with van der Waals surface area (Å²) in [6.45, 7) is 0.684. The first-order valence-corrected chi connectivity index (χ1v) is 10.0. The van der Waals surface area contributed by atoms with E-state index in [0.717, 1.165) is 11.1 Å². The van der Waals surface area contributed by atoms with Crippen molar-refractivity contribution in [1.82, 2.24) is 10.4 Å². The van der Waals surface area contributed by atoms with Crippen molar-refractivity contribution in [3.05, 3.63) is 106 Å². The van der Waals surface area contributed by atoms with Crippen LogP contribution in [0.2, 0.25) is 0 Å². The van der Waals surface area contributed by atoms with E-state index >= 15 is 0 Å². The van der Waals surface area contributed by atoms with Crippen molar-refractivity contribution in [3.8, 4) is 0 Å². The zero-order valence-corrected chi connectivity index (χ0v) is 17.0. The van der Waals surface area contributed by atoms with Gasteiger partial charge in [-0.2, -0.15) is 0 Å². The predicted molar refractivity (Wildman–Crippen MR) is 115 cm³/mol. The second-order valence-electron chi connectivity index (χ2n) is 7.49. The van der Waals surface area contributed by atoms with Gasteiger partial charge in [-0.05, 0) is 59.5 Å². The van der Waals surface area contributed by atoms with Gasteiger partial charge in [0.25, 0.3) is 11.8 Å². The maximum Gasteiger partial charge on any atom is 0.274 e. The third kappa shape index (κ3) is 4.43. The van der Waals surface area contributed by atoms with E-state index in [1.54, 1.807) is 46.8 Å². The monoisotopic (exact) mass is 434 g/mol. The van der Waals surface area contributed by atoms with Gasteiger partial charge >= 0.3 is 0 Å². The van der Waals surface area contributed by atoms with Crippen LogP contribution in [0.25, 0.3) is 11.6 Å². The van der Waals surface area contributed by atoms with Crippen molar-refractivity contribution >= 4 is 23.5 Å². The van der Waals surface area contributed by atoms with Crippen molar-refractivity contribution in [2.24, 2.45) is 0 Å². The number of hydroxylamine groups is 1.